The van der Waals surface area contributed by atoms with Gasteiger partial charge in [-0.1, -0.05) is 18.2 Å². The maximum Gasteiger partial charge on any atom is 0.159 e. The molecule has 4 nitrogen and oxygen atoms in total. The molecule has 0 radical (unpaired) electrons. The van der Waals surface area contributed by atoms with E-state index in [1.54, 1.807) is 6.33 Å². The molecule has 2 heterocycles. The molecular weight excluding hydrogens is 200 g/mol. The van der Waals surface area contributed by atoms with Crippen molar-refractivity contribution in [1.29, 1.82) is 0 Å². The molecule has 1 aliphatic heterocycles. The number of nitrogens with zero attached hydrogens (tertiary/aromatic N) is 3. The Hall–Kier alpha value is -2.10. The van der Waals surface area contributed by atoms with Crippen LogP contribution in [0.1, 0.15) is 5.56 Å². The predicted molar refractivity (Wildman–Crippen MR) is 63.9 cm³/mol. The highest BCUT2D eigenvalue weighted by molar-refractivity contribution is 5.75. The topological polar surface area (TPSA) is 41.0 Å². The Morgan fingerprint density at radius 2 is 2.19 bits per heavy atom. The van der Waals surface area contributed by atoms with E-state index in [-0.39, 0.29) is 0 Å². The van der Waals surface area contributed by atoms with E-state index in [2.05, 4.69) is 38.4 Å². The Morgan fingerprint density at radius 1 is 1.31 bits per heavy atom. The summed E-state index contributed by atoms with van der Waals surface area (Å²) >= 11 is 0. The average Bonchev–Trinajstić information content (AvgIpc) is 2.49. The van der Waals surface area contributed by atoms with Gasteiger partial charge in [-0.3, -0.25) is 0 Å². The molecule has 0 unspecified atom stereocenters. The highest BCUT2D eigenvalue weighted by Gasteiger charge is 2.17. The second-order valence-electron chi connectivity index (χ2n) is 3.80. The first-order valence-electron chi connectivity index (χ1n) is 5.22. The first-order valence-corrected chi connectivity index (χ1v) is 5.22. The van der Waals surface area contributed by atoms with E-state index in [0.29, 0.717) is 0 Å². The van der Waals surface area contributed by atoms with Crippen molar-refractivity contribution in [1.82, 2.24) is 9.97 Å². The van der Waals surface area contributed by atoms with Crippen LogP contribution < -0.4 is 10.2 Å². The lowest BCUT2D eigenvalue weighted by atomic mass is 10.1. The third kappa shape index (κ3) is 1.31. The normalized spacial score (nSPS) is 13.4. The number of para-hydroxylation sites is 1. The number of rotatable bonds is 0. The third-order valence-electron chi connectivity index (χ3n) is 2.83. The highest BCUT2D eigenvalue weighted by Crippen LogP contribution is 2.33. The number of fused-ring (bicyclic) bond motifs is 2. The highest BCUT2D eigenvalue weighted by atomic mass is 15.2. The lowest BCUT2D eigenvalue weighted by molar-refractivity contribution is 1.09. The van der Waals surface area contributed by atoms with Crippen molar-refractivity contribution < 1.29 is 0 Å². The Kier molecular flexibility index (Phi) is 1.99. The van der Waals surface area contributed by atoms with E-state index in [0.717, 1.165) is 18.1 Å². The summed E-state index contributed by atoms with van der Waals surface area (Å²) in [5.41, 5.74) is 3.43. The quantitative estimate of drug-likeness (QED) is 0.726. The Morgan fingerprint density at radius 3 is 3.12 bits per heavy atom. The largest absolute Gasteiger partial charge is 0.377 e. The molecule has 1 aromatic heterocycles. The summed E-state index contributed by atoms with van der Waals surface area (Å²) in [6, 6.07) is 8.32. The standard InChI is InChI=1S/C12H12N4/c1-16-11-5-3-2-4-9(11)6-14-10-7-13-8-15-12(10)16/h2-5,7-8,14H,6H2,1H3. The average molecular weight is 212 g/mol. The van der Waals surface area contributed by atoms with Crippen LogP contribution in [0.4, 0.5) is 17.2 Å². The lowest BCUT2D eigenvalue weighted by Gasteiger charge is -2.19. The van der Waals surface area contributed by atoms with E-state index >= 15 is 0 Å². The molecule has 0 bridgehead atoms. The van der Waals surface area contributed by atoms with Crippen LogP contribution in [0.2, 0.25) is 0 Å². The molecule has 0 saturated carbocycles. The fraction of sp³-hybridized carbons (Fsp3) is 0.167. The number of hydrogen-bond donors (Lipinski definition) is 1. The second kappa shape index (κ2) is 3.48. The lowest BCUT2D eigenvalue weighted by Crippen LogP contribution is -2.11. The molecule has 0 atom stereocenters. The molecule has 0 spiro atoms. The summed E-state index contributed by atoms with van der Waals surface area (Å²) in [7, 11) is 2.03. The fourth-order valence-corrected chi connectivity index (χ4v) is 2.01. The van der Waals surface area contributed by atoms with Crippen LogP contribution in [0.15, 0.2) is 36.8 Å². The maximum absolute atomic E-state index is 4.31. The molecular formula is C12H12N4. The molecule has 4 heteroatoms. The molecule has 1 N–H and O–H groups in total. The molecule has 0 amide bonds. The molecule has 0 fully saturated rings. The second-order valence-corrected chi connectivity index (χ2v) is 3.80. The summed E-state index contributed by atoms with van der Waals surface area (Å²) in [5.74, 6) is 0.917. The van der Waals surface area contributed by atoms with Crippen LogP contribution in [0.25, 0.3) is 0 Å². The minimum Gasteiger partial charge on any atom is -0.377 e. The zero-order valence-corrected chi connectivity index (χ0v) is 9.01. The van der Waals surface area contributed by atoms with Gasteiger partial charge < -0.3 is 10.2 Å². The Bertz CT molecular complexity index is 476. The molecule has 0 aliphatic carbocycles. The van der Waals surface area contributed by atoms with Gasteiger partial charge in [0.25, 0.3) is 0 Å². The zero-order chi connectivity index (χ0) is 11.0. The Labute approximate surface area is 94.0 Å². The molecule has 1 aliphatic rings. The fourth-order valence-electron chi connectivity index (χ4n) is 2.01. The summed E-state index contributed by atoms with van der Waals surface area (Å²) in [5, 5.41) is 3.35. The van der Waals surface area contributed by atoms with Crippen LogP contribution >= 0.6 is 0 Å². The number of anilines is 3. The Balaban J connectivity index is 2.18. The summed E-state index contributed by atoms with van der Waals surface area (Å²) in [6.07, 6.45) is 3.38. The van der Waals surface area contributed by atoms with Gasteiger partial charge in [-0.15, -0.1) is 0 Å². The van der Waals surface area contributed by atoms with Gasteiger partial charge in [0.2, 0.25) is 0 Å². The monoisotopic (exact) mass is 212 g/mol. The van der Waals surface area contributed by atoms with E-state index in [1.807, 2.05) is 19.3 Å². The van der Waals surface area contributed by atoms with Gasteiger partial charge in [0.05, 0.1) is 11.9 Å². The van der Waals surface area contributed by atoms with Crippen LogP contribution in [-0.2, 0) is 6.54 Å². The van der Waals surface area contributed by atoms with Crippen LogP contribution in [0.5, 0.6) is 0 Å². The van der Waals surface area contributed by atoms with Crippen LogP contribution in [-0.4, -0.2) is 17.0 Å². The first-order chi connectivity index (χ1) is 7.86. The van der Waals surface area contributed by atoms with E-state index in [4.69, 9.17) is 0 Å². The van der Waals surface area contributed by atoms with Crippen molar-refractivity contribution in [2.45, 2.75) is 6.54 Å². The molecule has 3 rings (SSSR count). The van der Waals surface area contributed by atoms with Crippen molar-refractivity contribution in [3.05, 3.63) is 42.4 Å². The van der Waals surface area contributed by atoms with E-state index in [1.165, 1.54) is 11.3 Å². The van der Waals surface area contributed by atoms with Crippen molar-refractivity contribution in [2.75, 3.05) is 17.3 Å². The summed E-state index contributed by atoms with van der Waals surface area (Å²) < 4.78 is 0. The summed E-state index contributed by atoms with van der Waals surface area (Å²) in [4.78, 5) is 10.4. The zero-order valence-electron chi connectivity index (χ0n) is 9.01. The molecule has 80 valence electrons. The smallest absolute Gasteiger partial charge is 0.159 e. The van der Waals surface area contributed by atoms with Gasteiger partial charge in [-0.2, -0.15) is 0 Å². The van der Waals surface area contributed by atoms with Crippen molar-refractivity contribution in [2.24, 2.45) is 0 Å². The van der Waals surface area contributed by atoms with Gasteiger partial charge in [0, 0.05) is 19.3 Å². The summed E-state index contributed by atoms with van der Waals surface area (Å²) in [6.45, 7) is 0.806. The van der Waals surface area contributed by atoms with Gasteiger partial charge in [-0.25, -0.2) is 9.97 Å². The number of aromatic nitrogens is 2. The molecule has 1 aromatic carbocycles. The maximum atomic E-state index is 4.31. The van der Waals surface area contributed by atoms with Gasteiger partial charge in [-0.05, 0) is 11.6 Å². The third-order valence-corrected chi connectivity index (χ3v) is 2.83. The van der Waals surface area contributed by atoms with Crippen molar-refractivity contribution in [3.8, 4) is 0 Å². The van der Waals surface area contributed by atoms with E-state index in [9.17, 15) is 0 Å². The van der Waals surface area contributed by atoms with Gasteiger partial charge in [0.15, 0.2) is 5.82 Å². The predicted octanol–water partition coefficient (Wildman–Crippen LogP) is 2.17. The number of benzene rings is 1. The minimum atomic E-state index is 0.806. The van der Waals surface area contributed by atoms with Crippen LogP contribution in [0, 0.1) is 0 Å². The molecule has 16 heavy (non-hydrogen) atoms. The molecule has 2 aromatic rings. The van der Waals surface area contributed by atoms with Crippen molar-refractivity contribution >= 4 is 17.2 Å². The number of hydrogen-bond acceptors (Lipinski definition) is 4. The first kappa shape index (κ1) is 9.15. The number of nitrogens with one attached hydrogen (secondary N) is 1. The van der Waals surface area contributed by atoms with Crippen LogP contribution in [0.3, 0.4) is 0 Å². The van der Waals surface area contributed by atoms with Crippen molar-refractivity contribution in [3.63, 3.8) is 0 Å². The van der Waals surface area contributed by atoms with E-state index < -0.39 is 0 Å². The molecule has 0 saturated heterocycles. The van der Waals surface area contributed by atoms with Gasteiger partial charge >= 0.3 is 0 Å². The minimum absolute atomic E-state index is 0.806. The van der Waals surface area contributed by atoms with Gasteiger partial charge in [0.1, 0.15) is 6.33 Å². The SMILES string of the molecule is CN1c2ccccc2CNc2cncnc21.